The minimum atomic E-state index is -2.18. The van der Waals surface area contributed by atoms with Crippen LogP contribution in [0.5, 0.6) is 0 Å². The quantitative estimate of drug-likeness (QED) is 0.596. The zero-order chi connectivity index (χ0) is 19.2. The highest BCUT2D eigenvalue weighted by Gasteiger charge is 2.63. The van der Waals surface area contributed by atoms with Crippen LogP contribution in [0.1, 0.15) is 47.1 Å². The molecular weight excluding hydrogens is 390 g/mol. The Bertz CT molecular complexity index is 715. The molecule has 0 aliphatic carbocycles. The predicted octanol–water partition coefficient (Wildman–Crippen LogP) is 3.32. The van der Waals surface area contributed by atoms with E-state index in [1.165, 1.54) is 0 Å². The molecule has 1 aromatic rings. The summed E-state index contributed by atoms with van der Waals surface area (Å²) in [6.45, 7) is 10.0. The number of halogens is 1. The van der Waals surface area contributed by atoms with Gasteiger partial charge in [-0.25, -0.2) is 9.59 Å². The number of amides is 1. The average Bonchev–Trinajstić information content (AvgIpc) is 2.66. The van der Waals surface area contributed by atoms with Crippen LogP contribution in [-0.2, 0) is 29.3 Å². The van der Waals surface area contributed by atoms with Gasteiger partial charge in [0.2, 0.25) is 0 Å². The van der Waals surface area contributed by atoms with Gasteiger partial charge < -0.3 is 14.8 Å². The Balaban J connectivity index is 2.64. The maximum atomic E-state index is 13.0. The molecule has 0 radical (unpaired) electrons. The largest absolute Gasteiger partial charge is 0.458 e. The summed E-state index contributed by atoms with van der Waals surface area (Å²) in [6, 6.07) is 4.83. The second-order valence-electron chi connectivity index (χ2n) is 7.90. The molecule has 0 spiro atoms. The number of nitrogens with one attached hydrogen (secondary N) is 1. The van der Waals surface area contributed by atoms with Crippen LogP contribution in [0.3, 0.4) is 0 Å². The summed E-state index contributed by atoms with van der Waals surface area (Å²) in [7, 11) is 0. The highest BCUT2D eigenvalue weighted by Crippen LogP contribution is 2.42. The van der Waals surface area contributed by atoms with Crippen LogP contribution in [0.2, 0.25) is 0 Å². The second-order valence-corrected chi connectivity index (χ2v) is 8.81. The van der Waals surface area contributed by atoms with Crippen molar-refractivity contribution in [3.8, 4) is 0 Å². The van der Waals surface area contributed by atoms with E-state index in [-0.39, 0.29) is 5.56 Å². The summed E-state index contributed by atoms with van der Waals surface area (Å²) in [5.41, 5.74) is -3.33. The molecule has 1 aromatic carbocycles. The summed E-state index contributed by atoms with van der Waals surface area (Å²) in [5, 5.41) is 2.59. The van der Waals surface area contributed by atoms with Crippen LogP contribution in [-0.4, -0.2) is 29.0 Å². The van der Waals surface area contributed by atoms with Gasteiger partial charge in [0, 0.05) is 15.7 Å². The Morgan fingerprint density at radius 1 is 1.00 bits per heavy atom. The second kappa shape index (κ2) is 6.12. The Morgan fingerprint density at radius 3 is 1.92 bits per heavy atom. The molecule has 0 aromatic heterocycles. The van der Waals surface area contributed by atoms with E-state index in [2.05, 4.69) is 21.2 Å². The number of ether oxygens (including phenoxy) is 2. The third-order valence-electron chi connectivity index (χ3n) is 3.38. The Morgan fingerprint density at radius 2 is 1.48 bits per heavy atom. The van der Waals surface area contributed by atoms with E-state index in [1.807, 2.05) is 0 Å². The highest BCUT2D eigenvalue weighted by molar-refractivity contribution is 9.10. The van der Waals surface area contributed by atoms with Crippen LogP contribution in [0.25, 0.3) is 0 Å². The molecule has 1 aliphatic rings. The molecule has 7 heteroatoms. The minimum Gasteiger partial charge on any atom is -0.458 e. The van der Waals surface area contributed by atoms with Crippen molar-refractivity contribution < 1.29 is 23.9 Å². The molecule has 25 heavy (non-hydrogen) atoms. The maximum absolute atomic E-state index is 13.0. The van der Waals surface area contributed by atoms with Crippen molar-refractivity contribution in [2.24, 2.45) is 0 Å². The van der Waals surface area contributed by atoms with Gasteiger partial charge >= 0.3 is 11.9 Å². The van der Waals surface area contributed by atoms with Gasteiger partial charge in [-0.15, -0.1) is 0 Å². The number of fused-ring (bicyclic) bond motifs is 1. The van der Waals surface area contributed by atoms with Gasteiger partial charge in [0.1, 0.15) is 11.2 Å². The smallest absolute Gasteiger partial charge is 0.338 e. The maximum Gasteiger partial charge on any atom is 0.338 e. The van der Waals surface area contributed by atoms with Crippen LogP contribution in [0.15, 0.2) is 22.7 Å². The van der Waals surface area contributed by atoms with E-state index < -0.39 is 34.5 Å². The molecule has 1 aliphatic heterocycles. The lowest BCUT2D eigenvalue weighted by Gasteiger charge is -2.31. The van der Waals surface area contributed by atoms with Crippen LogP contribution in [0.4, 0.5) is 5.69 Å². The number of anilines is 1. The van der Waals surface area contributed by atoms with Gasteiger partial charge in [0.05, 0.1) is 0 Å². The van der Waals surface area contributed by atoms with Gasteiger partial charge in [-0.2, -0.15) is 0 Å². The molecule has 0 fully saturated rings. The third kappa shape index (κ3) is 3.71. The van der Waals surface area contributed by atoms with Crippen molar-refractivity contribution in [2.45, 2.75) is 58.2 Å². The minimum absolute atomic E-state index is 0.226. The topological polar surface area (TPSA) is 81.7 Å². The Kier molecular flexibility index (Phi) is 4.76. The van der Waals surface area contributed by atoms with Crippen LogP contribution >= 0.6 is 15.9 Å². The van der Waals surface area contributed by atoms with Crippen molar-refractivity contribution in [3.05, 3.63) is 28.2 Å². The van der Waals surface area contributed by atoms with Crippen LogP contribution in [0, 0.1) is 0 Å². The van der Waals surface area contributed by atoms with Crippen molar-refractivity contribution in [2.75, 3.05) is 5.32 Å². The average molecular weight is 412 g/mol. The number of hydrogen-bond acceptors (Lipinski definition) is 5. The summed E-state index contributed by atoms with van der Waals surface area (Å²) >= 11 is 3.31. The number of carbonyl (C=O) groups is 3. The van der Waals surface area contributed by atoms with E-state index in [9.17, 15) is 14.4 Å². The molecular formula is C18H22BrNO5. The van der Waals surface area contributed by atoms with Crippen molar-refractivity contribution in [1.82, 2.24) is 0 Å². The van der Waals surface area contributed by atoms with E-state index in [1.54, 1.807) is 59.7 Å². The predicted molar refractivity (Wildman–Crippen MR) is 96.1 cm³/mol. The SMILES string of the molecule is CC(C)(C)OC(=O)C1(C(=O)OC(C)(C)C)C(=O)Nc2cc(Br)ccc21. The van der Waals surface area contributed by atoms with Crippen molar-refractivity contribution in [3.63, 3.8) is 0 Å². The molecule has 136 valence electrons. The van der Waals surface area contributed by atoms with Gasteiger partial charge in [0.25, 0.3) is 11.3 Å². The normalized spacial score (nSPS) is 16.0. The zero-order valence-electron chi connectivity index (χ0n) is 15.2. The lowest BCUT2D eigenvalue weighted by atomic mass is 9.81. The Hall–Kier alpha value is -1.89. The lowest BCUT2D eigenvalue weighted by Crippen LogP contribution is -2.54. The first-order valence-electron chi connectivity index (χ1n) is 7.86. The van der Waals surface area contributed by atoms with Gasteiger partial charge in [0.15, 0.2) is 0 Å². The van der Waals surface area contributed by atoms with Gasteiger partial charge in [-0.05, 0) is 53.7 Å². The van der Waals surface area contributed by atoms with Crippen LogP contribution < -0.4 is 5.32 Å². The van der Waals surface area contributed by atoms with Gasteiger partial charge in [-0.3, -0.25) is 4.79 Å². The fourth-order valence-corrected chi connectivity index (χ4v) is 2.84. The summed E-state index contributed by atoms with van der Waals surface area (Å²) in [5.74, 6) is -2.68. The molecule has 1 amide bonds. The fraction of sp³-hybridized carbons (Fsp3) is 0.500. The molecule has 0 unspecified atom stereocenters. The van der Waals surface area contributed by atoms with Crippen molar-refractivity contribution in [1.29, 1.82) is 0 Å². The first-order chi connectivity index (χ1) is 11.3. The first kappa shape index (κ1) is 19.4. The summed E-state index contributed by atoms with van der Waals surface area (Å²) in [4.78, 5) is 38.7. The molecule has 0 saturated carbocycles. The standard InChI is InChI=1S/C18H22BrNO5/c1-16(2,3)24-14(22)18(15(23)25-17(4,5)6)11-8-7-10(19)9-12(11)20-13(18)21/h7-9H,1-6H3,(H,20,21). The molecule has 0 atom stereocenters. The molecule has 0 saturated heterocycles. The van der Waals surface area contributed by atoms with E-state index in [0.29, 0.717) is 10.2 Å². The van der Waals surface area contributed by atoms with E-state index >= 15 is 0 Å². The number of rotatable bonds is 2. The number of benzene rings is 1. The van der Waals surface area contributed by atoms with E-state index in [4.69, 9.17) is 9.47 Å². The van der Waals surface area contributed by atoms with Crippen molar-refractivity contribution >= 4 is 39.5 Å². The molecule has 0 bridgehead atoms. The first-order valence-corrected chi connectivity index (χ1v) is 8.65. The fourth-order valence-electron chi connectivity index (χ4n) is 2.48. The number of hydrogen-bond donors (Lipinski definition) is 1. The monoisotopic (exact) mass is 411 g/mol. The molecule has 2 rings (SSSR count). The molecule has 1 heterocycles. The Labute approximate surface area is 155 Å². The third-order valence-corrected chi connectivity index (χ3v) is 3.88. The molecule has 6 nitrogen and oxygen atoms in total. The zero-order valence-corrected chi connectivity index (χ0v) is 16.7. The summed E-state index contributed by atoms with van der Waals surface area (Å²) in [6.07, 6.45) is 0. The summed E-state index contributed by atoms with van der Waals surface area (Å²) < 4.78 is 11.5. The number of carbonyl (C=O) groups excluding carboxylic acids is 3. The van der Waals surface area contributed by atoms with Gasteiger partial charge in [-0.1, -0.05) is 22.0 Å². The lowest BCUT2D eigenvalue weighted by molar-refractivity contribution is -0.178. The highest BCUT2D eigenvalue weighted by atomic mass is 79.9. The molecule has 1 N–H and O–H groups in total. The number of esters is 2. The van der Waals surface area contributed by atoms with E-state index in [0.717, 1.165) is 0 Å².